The summed E-state index contributed by atoms with van der Waals surface area (Å²) in [6, 6.07) is -0.0838. The van der Waals surface area contributed by atoms with E-state index in [0.717, 1.165) is 6.42 Å². The maximum absolute atomic E-state index is 11.9. The lowest BCUT2D eigenvalue weighted by Crippen LogP contribution is -2.41. The average molecular weight is 265 g/mol. The van der Waals surface area contributed by atoms with Gasteiger partial charge in [0.1, 0.15) is 6.61 Å². The monoisotopic (exact) mass is 265 g/mol. The highest BCUT2D eigenvalue weighted by Gasteiger charge is 2.47. The normalized spacial score (nSPS) is 27.7. The molecule has 1 aliphatic rings. The Balaban J connectivity index is 2.39. The Kier molecular flexibility index (Phi) is 5.09. The first-order valence-electron chi connectivity index (χ1n) is 6.46. The van der Waals surface area contributed by atoms with Crippen molar-refractivity contribution in [3.63, 3.8) is 0 Å². The van der Waals surface area contributed by atoms with Gasteiger partial charge in [-0.25, -0.2) is 8.78 Å². The van der Waals surface area contributed by atoms with E-state index in [2.05, 4.69) is 13.8 Å². The van der Waals surface area contributed by atoms with Gasteiger partial charge in [0.15, 0.2) is 0 Å². The molecule has 18 heavy (non-hydrogen) atoms. The van der Waals surface area contributed by atoms with Gasteiger partial charge in [0.05, 0.1) is 11.2 Å². The summed E-state index contributed by atoms with van der Waals surface area (Å²) in [6.45, 7) is 7.93. The topological polar surface area (TPSA) is 44.5 Å². The Labute approximate surface area is 108 Å². The van der Waals surface area contributed by atoms with E-state index in [1.807, 2.05) is 13.8 Å². The van der Waals surface area contributed by atoms with E-state index in [9.17, 15) is 8.78 Å². The van der Waals surface area contributed by atoms with Crippen molar-refractivity contribution >= 4 is 0 Å². The molecule has 108 valence electrons. The van der Waals surface area contributed by atoms with Gasteiger partial charge in [-0.1, -0.05) is 0 Å². The standard InChI is InChI=1S/C13H25F2NO2/c1-12(2)7-9(13(3,4)18-12)10(16)5-6-17-8-11(14)15/h9-11H,5-8,16H2,1-4H3. The van der Waals surface area contributed by atoms with Gasteiger partial charge in [0.25, 0.3) is 6.43 Å². The van der Waals surface area contributed by atoms with Crippen LogP contribution in [0.25, 0.3) is 0 Å². The molecule has 0 spiro atoms. The Morgan fingerprint density at radius 1 is 1.33 bits per heavy atom. The highest BCUT2D eigenvalue weighted by molar-refractivity contribution is 4.98. The van der Waals surface area contributed by atoms with Crippen LogP contribution in [0.1, 0.15) is 40.5 Å². The van der Waals surface area contributed by atoms with E-state index in [1.165, 1.54) is 0 Å². The Morgan fingerprint density at radius 2 is 1.94 bits per heavy atom. The van der Waals surface area contributed by atoms with Crippen LogP contribution in [0.15, 0.2) is 0 Å². The third-order valence-corrected chi connectivity index (χ3v) is 3.50. The molecule has 1 fully saturated rings. The molecule has 2 unspecified atom stereocenters. The fraction of sp³-hybridized carbons (Fsp3) is 1.00. The molecule has 3 nitrogen and oxygen atoms in total. The lowest BCUT2D eigenvalue weighted by Gasteiger charge is -2.31. The zero-order valence-electron chi connectivity index (χ0n) is 11.7. The van der Waals surface area contributed by atoms with Crippen molar-refractivity contribution in [1.29, 1.82) is 0 Å². The minimum atomic E-state index is -2.41. The van der Waals surface area contributed by atoms with Gasteiger partial charge in [-0.3, -0.25) is 0 Å². The summed E-state index contributed by atoms with van der Waals surface area (Å²) < 4.78 is 34.7. The van der Waals surface area contributed by atoms with Crippen LogP contribution in [0.4, 0.5) is 8.78 Å². The van der Waals surface area contributed by atoms with Crippen molar-refractivity contribution in [3.05, 3.63) is 0 Å². The van der Waals surface area contributed by atoms with Gasteiger partial charge in [-0.15, -0.1) is 0 Å². The fourth-order valence-electron chi connectivity index (χ4n) is 2.86. The first-order chi connectivity index (χ1) is 8.14. The molecule has 0 bridgehead atoms. The third kappa shape index (κ3) is 4.44. The second-order valence-electron chi connectivity index (χ2n) is 6.19. The fourth-order valence-corrected chi connectivity index (χ4v) is 2.86. The number of hydrogen-bond donors (Lipinski definition) is 1. The van der Waals surface area contributed by atoms with Crippen molar-refractivity contribution < 1.29 is 18.3 Å². The summed E-state index contributed by atoms with van der Waals surface area (Å²) in [4.78, 5) is 0. The molecular weight excluding hydrogens is 240 g/mol. The van der Waals surface area contributed by atoms with Crippen LogP contribution in [0, 0.1) is 5.92 Å². The lowest BCUT2D eigenvalue weighted by atomic mass is 9.81. The highest BCUT2D eigenvalue weighted by atomic mass is 19.3. The maximum atomic E-state index is 11.9. The molecule has 2 atom stereocenters. The van der Waals surface area contributed by atoms with Gasteiger partial charge in [-0.2, -0.15) is 0 Å². The van der Waals surface area contributed by atoms with E-state index in [1.54, 1.807) is 0 Å². The van der Waals surface area contributed by atoms with E-state index < -0.39 is 13.0 Å². The second-order valence-corrected chi connectivity index (χ2v) is 6.19. The van der Waals surface area contributed by atoms with E-state index in [4.69, 9.17) is 15.2 Å². The Bertz CT molecular complexity index is 270. The van der Waals surface area contributed by atoms with Crippen LogP contribution in [0.3, 0.4) is 0 Å². The molecule has 0 amide bonds. The quantitative estimate of drug-likeness (QED) is 0.751. The van der Waals surface area contributed by atoms with Crippen molar-refractivity contribution in [2.24, 2.45) is 11.7 Å². The van der Waals surface area contributed by atoms with Crippen LogP contribution in [0.2, 0.25) is 0 Å². The van der Waals surface area contributed by atoms with Crippen LogP contribution in [0.5, 0.6) is 0 Å². The summed E-state index contributed by atoms with van der Waals surface area (Å²) in [5, 5.41) is 0. The minimum Gasteiger partial charge on any atom is -0.375 e. The number of rotatable bonds is 6. The Hall–Kier alpha value is -0.260. The van der Waals surface area contributed by atoms with Gasteiger partial charge >= 0.3 is 0 Å². The first-order valence-corrected chi connectivity index (χ1v) is 6.46. The molecule has 0 saturated carbocycles. The van der Waals surface area contributed by atoms with Crippen LogP contribution < -0.4 is 5.73 Å². The number of nitrogens with two attached hydrogens (primary N) is 1. The Morgan fingerprint density at radius 3 is 2.39 bits per heavy atom. The summed E-state index contributed by atoms with van der Waals surface area (Å²) in [5.41, 5.74) is 5.70. The summed E-state index contributed by atoms with van der Waals surface area (Å²) >= 11 is 0. The second kappa shape index (κ2) is 5.80. The minimum absolute atomic E-state index is 0.0838. The van der Waals surface area contributed by atoms with E-state index in [0.29, 0.717) is 6.42 Å². The summed E-state index contributed by atoms with van der Waals surface area (Å²) in [5.74, 6) is 0.225. The van der Waals surface area contributed by atoms with Crippen LogP contribution in [-0.2, 0) is 9.47 Å². The largest absolute Gasteiger partial charge is 0.375 e. The molecule has 0 aromatic carbocycles. The van der Waals surface area contributed by atoms with Gasteiger partial charge < -0.3 is 15.2 Å². The molecule has 0 aromatic rings. The number of halogens is 2. The lowest BCUT2D eigenvalue weighted by molar-refractivity contribution is -0.0775. The molecule has 5 heteroatoms. The predicted molar refractivity (Wildman–Crippen MR) is 66.8 cm³/mol. The SMILES string of the molecule is CC1(C)CC(C(N)CCOCC(F)F)C(C)(C)O1. The molecule has 1 rings (SSSR count). The predicted octanol–water partition coefficient (Wildman–Crippen LogP) is 2.58. The highest BCUT2D eigenvalue weighted by Crippen LogP contribution is 2.43. The van der Waals surface area contributed by atoms with E-state index >= 15 is 0 Å². The number of alkyl halides is 2. The third-order valence-electron chi connectivity index (χ3n) is 3.50. The van der Waals surface area contributed by atoms with Crippen molar-refractivity contribution in [3.8, 4) is 0 Å². The van der Waals surface area contributed by atoms with Crippen molar-refractivity contribution in [2.75, 3.05) is 13.2 Å². The molecule has 0 aromatic heterocycles. The molecular formula is C13H25F2NO2. The molecule has 2 N–H and O–H groups in total. The van der Waals surface area contributed by atoms with Crippen molar-refractivity contribution in [1.82, 2.24) is 0 Å². The molecule has 0 aliphatic carbocycles. The van der Waals surface area contributed by atoms with Gasteiger partial charge in [0.2, 0.25) is 0 Å². The van der Waals surface area contributed by atoms with Gasteiger partial charge in [0, 0.05) is 18.6 Å². The molecule has 1 heterocycles. The zero-order valence-corrected chi connectivity index (χ0v) is 11.7. The smallest absolute Gasteiger partial charge is 0.261 e. The number of ether oxygens (including phenoxy) is 2. The van der Waals surface area contributed by atoms with Crippen molar-refractivity contribution in [2.45, 2.75) is 64.2 Å². The zero-order chi connectivity index (χ0) is 14.0. The van der Waals surface area contributed by atoms with E-state index in [-0.39, 0.29) is 29.8 Å². The van der Waals surface area contributed by atoms with Gasteiger partial charge in [-0.05, 0) is 40.5 Å². The molecule has 1 aliphatic heterocycles. The summed E-state index contributed by atoms with van der Waals surface area (Å²) in [6.07, 6.45) is -0.942. The molecule has 1 saturated heterocycles. The molecule has 0 radical (unpaired) electrons. The van der Waals surface area contributed by atoms with Crippen LogP contribution >= 0.6 is 0 Å². The number of hydrogen-bond acceptors (Lipinski definition) is 3. The van der Waals surface area contributed by atoms with Crippen LogP contribution in [-0.4, -0.2) is 36.9 Å². The maximum Gasteiger partial charge on any atom is 0.261 e. The first kappa shape index (κ1) is 15.8. The average Bonchev–Trinajstić information content (AvgIpc) is 2.41. The summed E-state index contributed by atoms with van der Waals surface area (Å²) in [7, 11) is 0.